The minimum absolute atomic E-state index is 0.661. The number of aromatic amines is 1. The summed E-state index contributed by atoms with van der Waals surface area (Å²) in [5.41, 5.74) is 1.62. The number of benzene rings is 1. The number of H-pyrrole nitrogens is 1. The Morgan fingerprint density at radius 2 is 1.84 bits per heavy atom. The van der Waals surface area contributed by atoms with E-state index in [9.17, 15) is 8.78 Å². The first-order chi connectivity index (χ1) is 9.27. The average Bonchev–Trinajstić information content (AvgIpc) is 2.84. The summed E-state index contributed by atoms with van der Waals surface area (Å²) in [6, 6.07) is 6.79. The van der Waals surface area contributed by atoms with Crippen molar-refractivity contribution in [3.63, 3.8) is 0 Å². The molecular weight excluding hydrogens is 248 g/mol. The van der Waals surface area contributed by atoms with Crippen LogP contribution in [0.5, 0.6) is 0 Å². The van der Waals surface area contributed by atoms with E-state index >= 15 is 0 Å². The van der Waals surface area contributed by atoms with E-state index in [0.717, 1.165) is 24.0 Å². The second kappa shape index (κ2) is 5.27. The number of halogens is 2. The van der Waals surface area contributed by atoms with E-state index in [1.54, 1.807) is 6.20 Å². The topological polar surface area (TPSA) is 31.1 Å². The van der Waals surface area contributed by atoms with Crippen LogP contribution in [-0.2, 0) is 0 Å². The van der Waals surface area contributed by atoms with Crippen LogP contribution in [0, 0.1) is 0 Å². The van der Waals surface area contributed by atoms with E-state index in [1.165, 1.54) is 0 Å². The summed E-state index contributed by atoms with van der Waals surface area (Å²) in [5, 5.41) is 4.09. The third kappa shape index (κ3) is 2.35. The van der Waals surface area contributed by atoms with Gasteiger partial charge >= 0.3 is 0 Å². The van der Waals surface area contributed by atoms with Crippen molar-refractivity contribution in [2.45, 2.75) is 12.5 Å². The van der Waals surface area contributed by atoms with Gasteiger partial charge in [-0.2, -0.15) is 0 Å². The maximum atomic E-state index is 13.5. The van der Waals surface area contributed by atoms with Crippen molar-refractivity contribution in [2.75, 3.05) is 26.2 Å². The van der Waals surface area contributed by atoms with Gasteiger partial charge in [0.25, 0.3) is 6.43 Å². The molecule has 1 fully saturated rings. The second-order valence-electron chi connectivity index (χ2n) is 4.85. The van der Waals surface area contributed by atoms with Gasteiger partial charge in [-0.05, 0) is 6.07 Å². The summed E-state index contributed by atoms with van der Waals surface area (Å²) in [4.78, 5) is 4.96. The minimum atomic E-state index is -2.38. The molecule has 19 heavy (non-hydrogen) atoms. The van der Waals surface area contributed by atoms with Crippen molar-refractivity contribution in [2.24, 2.45) is 0 Å². The van der Waals surface area contributed by atoms with Crippen LogP contribution in [0.25, 0.3) is 10.9 Å². The van der Waals surface area contributed by atoms with Crippen molar-refractivity contribution in [1.82, 2.24) is 15.2 Å². The predicted molar refractivity (Wildman–Crippen MR) is 71.5 cm³/mol. The Morgan fingerprint density at radius 3 is 2.58 bits per heavy atom. The van der Waals surface area contributed by atoms with Gasteiger partial charge in [-0.15, -0.1) is 0 Å². The molecule has 1 aromatic heterocycles. The SMILES string of the molecule is FC(F)[C@H](c1c[nH]c2ccccc12)N1CCNCC1. The Bertz CT molecular complexity index is 546. The zero-order valence-corrected chi connectivity index (χ0v) is 10.6. The van der Waals surface area contributed by atoms with Gasteiger partial charge in [0, 0.05) is 48.8 Å². The van der Waals surface area contributed by atoms with Crippen molar-refractivity contribution < 1.29 is 8.78 Å². The average molecular weight is 265 g/mol. The van der Waals surface area contributed by atoms with Crippen LogP contribution in [0.3, 0.4) is 0 Å². The monoisotopic (exact) mass is 265 g/mol. The fraction of sp³-hybridized carbons (Fsp3) is 0.429. The first kappa shape index (κ1) is 12.6. The molecule has 0 spiro atoms. The van der Waals surface area contributed by atoms with Gasteiger partial charge in [0.2, 0.25) is 0 Å². The summed E-state index contributed by atoms with van der Waals surface area (Å²) < 4.78 is 27.0. The lowest BCUT2D eigenvalue weighted by Crippen LogP contribution is -2.46. The minimum Gasteiger partial charge on any atom is -0.361 e. The molecule has 102 valence electrons. The molecule has 0 bridgehead atoms. The van der Waals surface area contributed by atoms with Crippen molar-refractivity contribution in [3.8, 4) is 0 Å². The van der Waals surface area contributed by atoms with E-state index in [4.69, 9.17) is 0 Å². The summed E-state index contributed by atoms with van der Waals surface area (Å²) in [6.07, 6.45) is -0.652. The summed E-state index contributed by atoms with van der Waals surface area (Å²) >= 11 is 0. The number of fused-ring (bicyclic) bond motifs is 1. The molecular formula is C14H17F2N3. The van der Waals surface area contributed by atoms with Crippen LogP contribution in [0.1, 0.15) is 11.6 Å². The molecule has 0 saturated carbocycles. The van der Waals surface area contributed by atoms with E-state index in [2.05, 4.69) is 10.3 Å². The first-order valence-electron chi connectivity index (χ1n) is 6.56. The second-order valence-corrected chi connectivity index (χ2v) is 4.85. The number of aromatic nitrogens is 1. The molecule has 3 nitrogen and oxygen atoms in total. The quantitative estimate of drug-likeness (QED) is 0.892. The van der Waals surface area contributed by atoms with Crippen LogP contribution >= 0.6 is 0 Å². The highest BCUT2D eigenvalue weighted by molar-refractivity contribution is 5.83. The summed E-state index contributed by atoms with van der Waals surface area (Å²) in [7, 11) is 0. The molecule has 1 atom stereocenters. The zero-order chi connectivity index (χ0) is 13.2. The van der Waals surface area contributed by atoms with Crippen molar-refractivity contribution >= 4 is 10.9 Å². The van der Waals surface area contributed by atoms with Gasteiger partial charge in [-0.3, -0.25) is 4.90 Å². The normalized spacial score (nSPS) is 19.1. The molecule has 0 unspecified atom stereocenters. The number of nitrogens with one attached hydrogen (secondary N) is 2. The van der Waals surface area contributed by atoms with Gasteiger partial charge in [-0.1, -0.05) is 18.2 Å². The summed E-state index contributed by atoms with van der Waals surface area (Å²) in [6.45, 7) is 2.86. The molecule has 1 aliphatic heterocycles. The molecule has 3 rings (SSSR count). The van der Waals surface area contributed by atoms with E-state index in [1.807, 2.05) is 29.2 Å². The maximum absolute atomic E-state index is 13.5. The molecule has 0 radical (unpaired) electrons. The number of nitrogens with zero attached hydrogens (tertiary/aromatic N) is 1. The van der Waals surface area contributed by atoms with Crippen molar-refractivity contribution in [1.29, 1.82) is 0 Å². The number of alkyl halides is 2. The fourth-order valence-electron chi connectivity index (χ4n) is 2.79. The van der Waals surface area contributed by atoms with Crippen LogP contribution in [0.4, 0.5) is 8.78 Å². The summed E-state index contributed by atoms with van der Waals surface area (Å²) in [5.74, 6) is 0. The molecule has 1 saturated heterocycles. The lowest BCUT2D eigenvalue weighted by Gasteiger charge is -2.34. The lowest BCUT2D eigenvalue weighted by molar-refractivity contribution is 0.0189. The number of hydrogen-bond acceptors (Lipinski definition) is 2. The smallest absolute Gasteiger partial charge is 0.258 e. The Labute approximate surface area is 110 Å². The molecule has 0 amide bonds. The highest BCUT2D eigenvalue weighted by Crippen LogP contribution is 2.32. The van der Waals surface area contributed by atoms with E-state index in [-0.39, 0.29) is 0 Å². The number of hydrogen-bond donors (Lipinski definition) is 2. The van der Waals surface area contributed by atoms with E-state index < -0.39 is 12.5 Å². The van der Waals surface area contributed by atoms with Crippen molar-refractivity contribution in [3.05, 3.63) is 36.0 Å². The fourth-order valence-corrected chi connectivity index (χ4v) is 2.79. The number of rotatable bonds is 3. The zero-order valence-electron chi connectivity index (χ0n) is 10.6. The number of piperazine rings is 1. The third-order valence-corrected chi connectivity index (χ3v) is 3.72. The molecule has 0 aliphatic carbocycles. The first-order valence-corrected chi connectivity index (χ1v) is 6.56. The van der Waals surface area contributed by atoms with Crippen LogP contribution in [-0.4, -0.2) is 42.5 Å². The third-order valence-electron chi connectivity index (χ3n) is 3.72. The lowest BCUT2D eigenvalue weighted by atomic mass is 10.0. The highest BCUT2D eigenvalue weighted by atomic mass is 19.3. The van der Waals surface area contributed by atoms with Gasteiger partial charge in [0.15, 0.2) is 0 Å². The Balaban J connectivity index is 1.99. The molecule has 5 heteroatoms. The van der Waals surface area contributed by atoms with Gasteiger partial charge < -0.3 is 10.3 Å². The van der Waals surface area contributed by atoms with Crippen LogP contribution < -0.4 is 5.32 Å². The molecule has 2 heterocycles. The van der Waals surface area contributed by atoms with Gasteiger partial charge in [0.05, 0.1) is 6.04 Å². The Hall–Kier alpha value is -1.46. The largest absolute Gasteiger partial charge is 0.361 e. The van der Waals surface area contributed by atoms with E-state index in [0.29, 0.717) is 18.7 Å². The maximum Gasteiger partial charge on any atom is 0.258 e. The Morgan fingerprint density at radius 1 is 1.11 bits per heavy atom. The van der Waals surface area contributed by atoms with Gasteiger partial charge in [-0.25, -0.2) is 8.78 Å². The highest BCUT2D eigenvalue weighted by Gasteiger charge is 2.31. The molecule has 2 aromatic rings. The molecule has 1 aromatic carbocycles. The standard InChI is InChI=1S/C14H17F2N3/c15-14(16)13(19-7-5-17-6-8-19)11-9-18-12-4-2-1-3-10(11)12/h1-4,9,13-14,17-18H,5-8H2/t13-/m0/s1. The Kier molecular flexibility index (Phi) is 3.48. The van der Waals surface area contributed by atoms with Gasteiger partial charge in [0.1, 0.15) is 0 Å². The predicted octanol–water partition coefficient (Wildman–Crippen LogP) is 2.38. The van der Waals surface area contributed by atoms with Crippen LogP contribution in [0.2, 0.25) is 0 Å². The van der Waals surface area contributed by atoms with Crippen LogP contribution in [0.15, 0.2) is 30.5 Å². The number of para-hydroxylation sites is 1. The molecule has 2 N–H and O–H groups in total. The molecule has 1 aliphatic rings.